The zero-order valence-electron chi connectivity index (χ0n) is 14.8. The van der Waals surface area contributed by atoms with Crippen LogP contribution in [0.3, 0.4) is 0 Å². The number of amides is 2. The highest BCUT2D eigenvalue weighted by molar-refractivity contribution is 5.98. The van der Waals surface area contributed by atoms with Crippen molar-refractivity contribution in [2.75, 3.05) is 26.3 Å². The fourth-order valence-corrected chi connectivity index (χ4v) is 4.14. The van der Waals surface area contributed by atoms with Crippen LogP contribution in [0.4, 0.5) is 0 Å². The molecule has 7 nitrogen and oxygen atoms in total. The average molecular weight is 359 g/mol. The van der Waals surface area contributed by atoms with Crippen molar-refractivity contribution >= 4 is 11.8 Å². The molecule has 0 unspecified atom stereocenters. The molecule has 0 aromatic heterocycles. The van der Waals surface area contributed by atoms with Crippen molar-refractivity contribution in [1.82, 2.24) is 16.0 Å². The molecule has 2 saturated heterocycles. The average Bonchev–Trinajstić information content (AvgIpc) is 2.69. The number of benzene rings is 1. The maximum absolute atomic E-state index is 12.9. The molecular formula is C19H25N3O4. The van der Waals surface area contributed by atoms with E-state index < -0.39 is 0 Å². The fourth-order valence-electron chi connectivity index (χ4n) is 4.14. The Morgan fingerprint density at radius 2 is 1.92 bits per heavy atom. The van der Waals surface area contributed by atoms with Crippen molar-refractivity contribution in [2.24, 2.45) is 5.92 Å². The van der Waals surface area contributed by atoms with Gasteiger partial charge in [-0.05, 0) is 50.4 Å². The number of hydrogen-bond acceptors (Lipinski definition) is 5. The van der Waals surface area contributed by atoms with E-state index in [1.807, 2.05) is 6.07 Å². The first-order valence-corrected chi connectivity index (χ1v) is 9.42. The molecule has 4 rings (SSSR count). The molecular weight excluding hydrogens is 334 g/mol. The summed E-state index contributed by atoms with van der Waals surface area (Å²) in [5.41, 5.74) is 0.489. The van der Waals surface area contributed by atoms with E-state index in [0.717, 1.165) is 25.9 Å². The molecule has 26 heavy (non-hydrogen) atoms. The summed E-state index contributed by atoms with van der Waals surface area (Å²) in [4.78, 5) is 24.9. The number of nitrogens with one attached hydrogen (secondary N) is 3. The second-order valence-electron chi connectivity index (χ2n) is 7.13. The van der Waals surface area contributed by atoms with Gasteiger partial charge in [-0.25, -0.2) is 0 Å². The van der Waals surface area contributed by atoms with Gasteiger partial charge in [-0.15, -0.1) is 0 Å². The summed E-state index contributed by atoms with van der Waals surface area (Å²) in [6, 6.07) is 5.28. The summed E-state index contributed by atoms with van der Waals surface area (Å²) >= 11 is 0. The van der Waals surface area contributed by atoms with Gasteiger partial charge < -0.3 is 25.4 Å². The molecule has 2 atom stereocenters. The molecule has 3 aliphatic rings. The third-order valence-electron chi connectivity index (χ3n) is 5.46. The van der Waals surface area contributed by atoms with E-state index >= 15 is 0 Å². The van der Waals surface area contributed by atoms with Gasteiger partial charge in [0.1, 0.15) is 13.2 Å². The van der Waals surface area contributed by atoms with Gasteiger partial charge in [-0.3, -0.25) is 9.59 Å². The van der Waals surface area contributed by atoms with E-state index in [1.165, 1.54) is 0 Å². The van der Waals surface area contributed by atoms with E-state index in [0.29, 0.717) is 49.0 Å². The number of carbonyl (C=O) groups is 2. The summed E-state index contributed by atoms with van der Waals surface area (Å²) in [6.07, 6.45) is 3.13. The van der Waals surface area contributed by atoms with Crippen LogP contribution >= 0.6 is 0 Å². The Labute approximate surface area is 152 Å². The lowest BCUT2D eigenvalue weighted by Crippen LogP contribution is -2.59. The van der Waals surface area contributed by atoms with E-state index in [9.17, 15) is 9.59 Å². The van der Waals surface area contributed by atoms with Crippen LogP contribution in [0, 0.1) is 5.92 Å². The van der Waals surface area contributed by atoms with Gasteiger partial charge >= 0.3 is 0 Å². The number of piperidine rings is 2. The Bertz CT molecular complexity index is 687. The van der Waals surface area contributed by atoms with Crippen LogP contribution < -0.4 is 25.4 Å². The highest BCUT2D eigenvalue weighted by atomic mass is 16.6. The molecule has 2 amide bonds. The van der Waals surface area contributed by atoms with Crippen molar-refractivity contribution in [1.29, 1.82) is 0 Å². The Morgan fingerprint density at radius 3 is 2.77 bits per heavy atom. The van der Waals surface area contributed by atoms with E-state index in [2.05, 4.69) is 16.0 Å². The number of hydrogen-bond donors (Lipinski definition) is 3. The molecule has 0 bridgehead atoms. The summed E-state index contributed by atoms with van der Waals surface area (Å²) < 4.78 is 11.2. The minimum absolute atomic E-state index is 0.0148. The SMILES string of the molecule is O=C1CC[C@@H](NC(=O)c2cccc3c2OCCO3)[C@H](C2CCNCC2)N1. The first-order valence-electron chi connectivity index (χ1n) is 9.42. The molecule has 3 heterocycles. The Kier molecular flexibility index (Phi) is 4.97. The smallest absolute Gasteiger partial charge is 0.255 e. The third-order valence-corrected chi connectivity index (χ3v) is 5.46. The molecule has 3 N–H and O–H groups in total. The molecule has 0 aliphatic carbocycles. The van der Waals surface area contributed by atoms with Gasteiger partial charge in [0.15, 0.2) is 11.5 Å². The van der Waals surface area contributed by atoms with Gasteiger partial charge in [0.05, 0.1) is 17.6 Å². The van der Waals surface area contributed by atoms with Crippen molar-refractivity contribution in [3.05, 3.63) is 23.8 Å². The molecule has 140 valence electrons. The number of rotatable bonds is 3. The maximum atomic E-state index is 12.9. The van der Waals surface area contributed by atoms with Crippen LogP contribution in [-0.4, -0.2) is 50.2 Å². The number of fused-ring (bicyclic) bond motifs is 1. The zero-order chi connectivity index (χ0) is 17.9. The van der Waals surface area contributed by atoms with Crippen molar-refractivity contribution in [2.45, 2.75) is 37.8 Å². The molecule has 7 heteroatoms. The predicted octanol–water partition coefficient (Wildman–Crippen LogP) is 0.834. The van der Waals surface area contributed by atoms with Crippen LogP contribution in [0.1, 0.15) is 36.0 Å². The van der Waals surface area contributed by atoms with Crippen LogP contribution in [0.2, 0.25) is 0 Å². The summed E-state index contributed by atoms with van der Waals surface area (Å²) in [5, 5.41) is 9.61. The van der Waals surface area contributed by atoms with Gasteiger partial charge in [-0.1, -0.05) is 6.07 Å². The lowest BCUT2D eigenvalue weighted by atomic mass is 9.82. The van der Waals surface area contributed by atoms with Gasteiger partial charge in [0.2, 0.25) is 5.91 Å². The van der Waals surface area contributed by atoms with Gasteiger partial charge in [-0.2, -0.15) is 0 Å². The standard InChI is InChI=1S/C19H25N3O4/c23-16-5-4-14(17(22-16)12-6-8-20-9-7-12)21-19(24)13-2-1-3-15-18(13)26-11-10-25-15/h1-3,12,14,17,20H,4-11H2,(H,21,24)(H,22,23)/t14-,17+/m1/s1. The first-order chi connectivity index (χ1) is 12.7. The molecule has 0 spiro atoms. The highest BCUT2D eigenvalue weighted by Gasteiger charge is 2.36. The monoisotopic (exact) mass is 359 g/mol. The lowest BCUT2D eigenvalue weighted by Gasteiger charge is -2.39. The van der Waals surface area contributed by atoms with Crippen molar-refractivity contribution in [3.8, 4) is 11.5 Å². The van der Waals surface area contributed by atoms with Crippen LogP contribution in [-0.2, 0) is 4.79 Å². The van der Waals surface area contributed by atoms with Crippen molar-refractivity contribution < 1.29 is 19.1 Å². The first kappa shape index (κ1) is 17.1. The summed E-state index contributed by atoms with van der Waals surface area (Å²) in [5.74, 6) is 1.40. The molecule has 1 aromatic carbocycles. The van der Waals surface area contributed by atoms with Crippen LogP contribution in [0.15, 0.2) is 18.2 Å². The largest absolute Gasteiger partial charge is 0.486 e. The van der Waals surface area contributed by atoms with E-state index in [4.69, 9.17) is 9.47 Å². The molecule has 0 saturated carbocycles. The van der Waals surface area contributed by atoms with Crippen LogP contribution in [0.5, 0.6) is 11.5 Å². The minimum Gasteiger partial charge on any atom is -0.486 e. The molecule has 1 aromatic rings. The third kappa shape index (κ3) is 3.49. The second-order valence-corrected chi connectivity index (χ2v) is 7.13. The Morgan fingerprint density at radius 1 is 1.12 bits per heavy atom. The highest BCUT2D eigenvalue weighted by Crippen LogP contribution is 2.34. The number of ether oxygens (including phenoxy) is 2. The maximum Gasteiger partial charge on any atom is 0.255 e. The van der Waals surface area contributed by atoms with Gasteiger partial charge in [0, 0.05) is 6.42 Å². The number of carbonyl (C=O) groups excluding carboxylic acids is 2. The number of para-hydroxylation sites is 1. The molecule has 3 aliphatic heterocycles. The molecule has 2 fully saturated rings. The Balaban J connectivity index is 1.51. The Hall–Kier alpha value is -2.28. The summed E-state index contributed by atoms with van der Waals surface area (Å²) in [6.45, 7) is 2.84. The minimum atomic E-state index is -0.174. The zero-order valence-corrected chi connectivity index (χ0v) is 14.8. The second kappa shape index (κ2) is 7.53. The van der Waals surface area contributed by atoms with Crippen LogP contribution in [0.25, 0.3) is 0 Å². The quantitative estimate of drug-likeness (QED) is 0.744. The summed E-state index contributed by atoms with van der Waals surface area (Å²) in [7, 11) is 0. The van der Waals surface area contributed by atoms with Gasteiger partial charge in [0.25, 0.3) is 5.91 Å². The lowest BCUT2D eigenvalue weighted by molar-refractivity contribution is -0.124. The van der Waals surface area contributed by atoms with Crippen molar-refractivity contribution in [3.63, 3.8) is 0 Å². The molecule has 0 radical (unpaired) electrons. The van der Waals surface area contributed by atoms with E-state index in [1.54, 1.807) is 12.1 Å². The topological polar surface area (TPSA) is 88.7 Å². The normalized spacial score (nSPS) is 26.1. The van der Waals surface area contributed by atoms with E-state index in [-0.39, 0.29) is 23.9 Å². The fraction of sp³-hybridized carbons (Fsp3) is 0.579. The predicted molar refractivity (Wildman–Crippen MR) is 95.4 cm³/mol.